The highest BCUT2D eigenvalue weighted by Gasteiger charge is 2.25. The molecule has 1 fully saturated rings. The van der Waals surface area contributed by atoms with Crippen LogP contribution in [-0.2, 0) is 17.6 Å². The first-order valence-corrected chi connectivity index (χ1v) is 11.8. The van der Waals surface area contributed by atoms with Gasteiger partial charge in [0.15, 0.2) is 0 Å². The molecule has 0 bridgehead atoms. The number of aromatic nitrogens is 1. The summed E-state index contributed by atoms with van der Waals surface area (Å²) >= 11 is 7.91. The second-order valence-electron chi connectivity index (χ2n) is 8.22. The van der Waals surface area contributed by atoms with Crippen LogP contribution in [-0.4, -0.2) is 54.4 Å². The molecular formula is C23H24ClFN4OS. The van der Waals surface area contributed by atoms with Crippen molar-refractivity contribution in [3.8, 4) is 0 Å². The molecule has 2 aromatic carbocycles. The van der Waals surface area contributed by atoms with E-state index in [1.807, 2.05) is 12.1 Å². The van der Waals surface area contributed by atoms with Gasteiger partial charge in [0.2, 0.25) is 5.91 Å². The van der Waals surface area contributed by atoms with E-state index in [-0.39, 0.29) is 11.7 Å². The van der Waals surface area contributed by atoms with Crippen LogP contribution in [0, 0.1) is 5.82 Å². The van der Waals surface area contributed by atoms with Gasteiger partial charge in [-0.05, 0) is 59.8 Å². The van der Waals surface area contributed by atoms with Gasteiger partial charge in [0.25, 0.3) is 0 Å². The predicted octanol–water partition coefficient (Wildman–Crippen LogP) is 4.36. The number of hydrogen-bond acceptors (Lipinski definition) is 5. The van der Waals surface area contributed by atoms with Gasteiger partial charge in [0.05, 0.1) is 4.70 Å². The third-order valence-corrected chi connectivity index (χ3v) is 7.46. The summed E-state index contributed by atoms with van der Waals surface area (Å²) in [6.45, 7) is 7.02. The van der Waals surface area contributed by atoms with E-state index in [0.717, 1.165) is 84.3 Å². The van der Waals surface area contributed by atoms with Crippen molar-refractivity contribution in [2.75, 3.05) is 49.1 Å². The van der Waals surface area contributed by atoms with Gasteiger partial charge in [-0.1, -0.05) is 17.7 Å². The molecule has 3 heterocycles. The normalized spacial score (nSPS) is 16.9. The molecule has 1 saturated heterocycles. The number of carbonyl (C=O) groups is 1. The molecule has 5 rings (SSSR count). The highest BCUT2D eigenvalue weighted by molar-refractivity contribution is 7.13. The Bertz CT molecular complexity index is 1140. The number of rotatable bonds is 4. The van der Waals surface area contributed by atoms with E-state index in [1.54, 1.807) is 17.9 Å². The number of fused-ring (bicyclic) bond motifs is 2. The Morgan fingerprint density at radius 2 is 1.97 bits per heavy atom. The molecule has 162 valence electrons. The van der Waals surface area contributed by atoms with E-state index < -0.39 is 0 Å². The lowest BCUT2D eigenvalue weighted by atomic mass is 10.1. The largest absolute Gasteiger partial charge is 0.353 e. The maximum Gasteiger partial charge on any atom is 0.223 e. The van der Waals surface area contributed by atoms with Crippen molar-refractivity contribution in [3.05, 3.63) is 52.3 Å². The van der Waals surface area contributed by atoms with E-state index >= 15 is 0 Å². The number of anilines is 2. The summed E-state index contributed by atoms with van der Waals surface area (Å²) in [6, 6.07) is 9.03. The third kappa shape index (κ3) is 4.02. The zero-order valence-electron chi connectivity index (χ0n) is 17.4. The van der Waals surface area contributed by atoms with E-state index in [0.29, 0.717) is 0 Å². The van der Waals surface area contributed by atoms with Crippen LogP contribution in [0.2, 0.25) is 5.02 Å². The van der Waals surface area contributed by atoms with Gasteiger partial charge < -0.3 is 9.80 Å². The molecule has 0 N–H and O–H groups in total. The maximum absolute atomic E-state index is 13.5. The first-order valence-electron chi connectivity index (χ1n) is 10.6. The Balaban J connectivity index is 1.20. The number of piperazine rings is 1. The van der Waals surface area contributed by atoms with Crippen LogP contribution in [0.5, 0.6) is 0 Å². The molecule has 1 amide bonds. The summed E-state index contributed by atoms with van der Waals surface area (Å²) < 4.78 is 18.9. The van der Waals surface area contributed by atoms with Crippen LogP contribution in [0.1, 0.15) is 18.1 Å². The third-order valence-electron chi connectivity index (χ3n) is 6.31. The summed E-state index contributed by atoms with van der Waals surface area (Å²) in [5.41, 5.74) is 3.33. The minimum absolute atomic E-state index is 0.0680. The summed E-state index contributed by atoms with van der Waals surface area (Å²) in [5, 5.41) is 1.77. The Morgan fingerprint density at radius 3 is 2.74 bits per heavy atom. The predicted molar refractivity (Wildman–Crippen MR) is 125 cm³/mol. The fraction of sp³-hybridized carbons (Fsp3) is 0.391. The van der Waals surface area contributed by atoms with Crippen molar-refractivity contribution < 1.29 is 9.18 Å². The Morgan fingerprint density at radius 1 is 1.16 bits per heavy atom. The zero-order valence-corrected chi connectivity index (χ0v) is 19.0. The Labute approximate surface area is 190 Å². The van der Waals surface area contributed by atoms with Crippen molar-refractivity contribution in [2.24, 2.45) is 0 Å². The van der Waals surface area contributed by atoms with Crippen molar-refractivity contribution in [1.29, 1.82) is 0 Å². The fourth-order valence-corrected chi connectivity index (χ4v) is 5.64. The molecule has 8 heteroatoms. The summed E-state index contributed by atoms with van der Waals surface area (Å²) in [7, 11) is 0. The molecule has 0 aliphatic carbocycles. The average Bonchev–Trinajstić information content (AvgIpc) is 3.36. The minimum Gasteiger partial charge on any atom is -0.353 e. The molecule has 5 nitrogen and oxygen atoms in total. The zero-order chi connectivity index (χ0) is 21.5. The van der Waals surface area contributed by atoms with Crippen molar-refractivity contribution in [3.63, 3.8) is 0 Å². The number of amides is 1. The maximum atomic E-state index is 13.5. The minimum atomic E-state index is -0.216. The van der Waals surface area contributed by atoms with Crippen LogP contribution in [0.3, 0.4) is 0 Å². The van der Waals surface area contributed by atoms with Crippen LogP contribution in [0.15, 0.2) is 30.3 Å². The van der Waals surface area contributed by atoms with Gasteiger partial charge in [0, 0.05) is 62.3 Å². The number of halogens is 2. The van der Waals surface area contributed by atoms with Gasteiger partial charge in [-0.15, -0.1) is 0 Å². The molecule has 3 aromatic rings. The lowest BCUT2D eigenvalue weighted by Gasteiger charge is -2.35. The molecule has 0 atom stereocenters. The topological polar surface area (TPSA) is 39.7 Å². The van der Waals surface area contributed by atoms with Crippen molar-refractivity contribution >= 4 is 50.6 Å². The first-order chi connectivity index (χ1) is 15.0. The highest BCUT2D eigenvalue weighted by Crippen LogP contribution is 2.34. The van der Waals surface area contributed by atoms with E-state index in [4.69, 9.17) is 11.6 Å². The molecule has 2 aliphatic rings. The van der Waals surface area contributed by atoms with E-state index in [9.17, 15) is 9.18 Å². The smallest absolute Gasteiger partial charge is 0.223 e. The van der Waals surface area contributed by atoms with E-state index in [2.05, 4.69) is 20.2 Å². The number of carbonyl (C=O) groups excluding carboxylic acids is 1. The Hall–Kier alpha value is -2.22. The van der Waals surface area contributed by atoms with Crippen molar-refractivity contribution in [1.82, 2.24) is 9.27 Å². The molecule has 0 spiro atoms. The van der Waals surface area contributed by atoms with Gasteiger partial charge >= 0.3 is 0 Å². The molecule has 0 radical (unpaired) electrons. The molecule has 31 heavy (non-hydrogen) atoms. The molecule has 0 saturated carbocycles. The molecule has 2 aliphatic heterocycles. The number of benzene rings is 2. The van der Waals surface area contributed by atoms with Gasteiger partial charge in [-0.2, -0.15) is 4.37 Å². The van der Waals surface area contributed by atoms with Crippen LogP contribution in [0.4, 0.5) is 15.9 Å². The number of nitrogens with zero attached hydrogens (tertiary/aromatic N) is 4. The summed E-state index contributed by atoms with van der Waals surface area (Å²) in [6.07, 6.45) is 1.79. The van der Waals surface area contributed by atoms with Gasteiger partial charge in [-0.25, -0.2) is 4.39 Å². The Kier molecular flexibility index (Phi) is 5.58. The summed E-state index contributed by atoms with van der Waals surface area (Å²) in [5.74, 6) is 0.821. The van der Waals surface area contributed by atoms with E-state index in [1.165, 1.54) is 23.2 Å². The van der Waals surface area contributed by atoms with Crippen LogP contribution >= 0.6 is 23.1 Å². The first kappa shape index (κ1) is 20.7. The molecule has 1 aromatic heterocycles. The van der Waals surface area contributed by atoms with Gasteiger partial charge in [-0.3, -0.25) is 9.69 Å². The average molecular weight is 459 g/mol. The highest BCUT2D eigenvalue weighted by atomic mass is 35.5. The fourth-order valence-electron chi connectivity index (χ4n) is 4.57. The lowest BCUT2D eigenvalue weighted by molar-refractivity contribution is -0.116. The number of hydrogen-bond donors (Lipinski definition) is 0. The lowest BCUT2D eigenvalue weighted by Crippen LogP contribution is -2.47. The van der Waals surface area contributed by atoms with Gasteiger partial charge in [0.1, 0.15) is 11.6 Å². The summed E-state index contributed by atoms with van der Waals surface area (Å²) in [4.78, 5) is 18.3. The molecule has 0 unspecified atom stereocenters. The van der Waals surface area contributed by atoms with Crippen molar-refractivity contribution in [2.45, 2.75) is 19.8 Å². The SMILES string of the molecule is CC(=O)N1CCc2cc(CCN3CCN(c4nsc5cc(F)ccc45)CC3)c(Cl)cc21. The standard InChI is InChI=1S/C23H24ClFN4OS/c1-15(30)29-7-5-17-12-16(20(24)14-21(17)29)4-6-27-8-10-28(11-9-27)23-19-3-2-18(25)13-22(19)31-26-23/h2-3,12-14H,4-11H2,1H3. The van der Waals surface area contributed by atoms with Crippen LogP contribution < -0.4 is 9.80 Å². The monoisotopic (exact) mass is 458 g/mol. The quantitative estimate of drug-likeness (QED) is 0.582. The second-order valence-corrected chi connectivity index (χ2v) is 9.43. The van der Waals surface area contributed by atoms with Crippen LogP contribution in [0.25, 0.3) is 10.1 Å². The second kappa shape index (κ2) is 8.37. The molecular weight excluding hydrogens is 435 g/mol.